The van der Waals surface area contributed by atoms with Crippen LogP contribution in [0.1, 0.15) is 28.3 Å². The van der Waals surface area contributed by atoms with Crippen molar-refractivity contribution in [2.45, 2.75) is 19.4 Å². The van der Waals surface area contributed by atoms with Gasteiger partial charge in [0, 0.05) is 18.5 Å². The van der Waals surface area contributed by atoms with E-state index >= 15 is 0 Å². The van der Waals surface area contributed by atoms with Gasteiger partial charge < -0.3 is 10.2 Å². The Morgan fingerprint density at radius 3 is 2.76 bits per heavy atom. The predicted molar refractivity (Wildman–Crippen MR) is 64.2 cm³/mol. The molecule has 0 aliphatic carbocycles. The van der Waals surface area contributed by atoms with Gasteiger partial charge in [-0.15, -0.1) is 11.3 Å². The number of piperidine rings is 1. The van der Waals surface area contributed by atoms with E-state index in [4.69, 9.17) is 10.2 Å². The number of rotatable bonds is 4. The minimum Gasteiger partial charge on any atom is -0.476 e. The standard InChI is InChI=1S/C11H16N2O3S/c14-6-8-1-3-13(4-2-8)5-9-7-17-10(12-9)11(15)16/h7-8,14H,1-6H2,(H,15,16). The van der Waals surface area contributed by atoms with Crippen molar-refractivity contribution < 1.29 is 15.0 Å². The first-order valence-corrected chi connectivity index (χ1v) is 6.58. The molecule has 94 valence electrons. The van der Waals surface area contributed by atoms with Crippen LogP contribution in [0.2, 0.25) is 0 Å². The Balaban J connectivity index is 1.86. The minimum absolute atomic E-state index is 0.158. The Labute approximate surface area is 104 Å². The fourth-order valence-electron chi connectivity index (χ4n) is 2.03. The van der Waals surface area contributed by atoms with E-state index in [1.165, 1.54) is 11.3 Å². The van der Waals surface area contributed by atoms with Crippen molar-refractivity contribution in [1.82, 2.24) is 9.88 Å². The first-order valence-electron chi connectivity index (χ1n) is 5.70. The van der Waals surface area contributed by atoms with Gasteiger partial charge >= 0.3 is 5.97 Å². The Bertz CT molecular complexity index is 386. The molecular weight excluding hydrogens is 240 g/mol. The van der Waals surface area contributed by atoms with E-state index in [-0.39, 0.29) is 11.6 Å². The van der Waals surface area contributed by atoms with Crippen LogP contribution in [0.3, 0.4) is 0 Å². The summed E-state index contributed by atoms with van der Waals surface area (Å²) in [5, 5.41) is 19.8. The summed E-state index contributed by atoms with van der Waals surface area (Å²) < 4.78 is 0. The van der Waals surface area contributed by atoms with Crippen LogP contribution in [0.25, 0.3) is 0 Å². The number of thiazole rings is 1. The predicted octanol–water partition coefficient (Wildman–Crippen LogP) is 1.05. The first kappa shape index (κ1) is 12.5. The minimum atomic E-state index is -0.958. The molecule has 1 aliphatic rings. The van der Waals surface area contributed by atoms with Crippen LogP contribution in [-0.2, 0) is 6.54 Å². The molecule has 0 unspecified atom stereocenters. The summed E-state index contributed by atoms with van der Waals surface area (Å²) in [5.74, 6) is -0.531. The number of hydrogen-bond acceptors (Lipinski definition) is 5. The van der Waals surface area contributed by atoms with Crippen LogP contribution in [-0.4, -0.2) is 45.8 Å². The van der Waals surface area contributed by atoms with Crippen molar-refractivity contribution in [3.8, 4) is 0 Å². The zero-order chi connectivity index (χ0) is 12.3. The third-order valence-corrected chi connectivity index (χ3v) is 3.96. The molecule has 0 spiro atoms. The zero-order valence-electron chi connectivity index (χ0n) is 9.50. The van der Waals surface area contributed by atoms with E-state index in [1.54, 1.807) is 0 Å². The molecule has 5 nitrogen and oxygen atoms in total. The number of aliphatic hydroxyl groups excluding tert-OH is 1. The number of carbonyl (C=O) groups is 1. The lowest BCUT2D eigenvalue weighted by Crippen LogP contribution is -2.34. The number of carboxylic acids is 1. The molecule has 1 aromatic rings. The average Bonchev–Trinajstić information content (AvgIpc) is 2.79. The molecule has 0 saturated carbocycles. The van der Waals surface area contributed by atoms with E-state index in [2.05, 4.69) is 9.88 Å². The van der Waals surface area contributed by atoms with E-state index in [9.17, 15) is 4.79 Å². The van der Waals surface area contributed by atoms with Gasteiger partial charge in [0.15, 0.2) is 0 Å². The summed E-state index contributed by atoms with van der Waals surface area (Å²) in [6.07, 6.45) is 2.01. The summed E-state index contributed by atoms with van der Waals surface area (Å²) in [6.45, 7) is 2.88. The second-order valence-electron chi connectivity index (χ2n) is 4.35. The van der Waals surface area contributed by atoms with Crippen LogP contribution in [0.5, 0.6) is 0 Å². The van der Waals surface area contributed by atoms with Crippen LogP contribution >= 0.6 is 11.3 Å². The second-order valence-corrected chi connectivity index (χ2v) is 5.21. The summed E-state index contributed by atoms with van der Waals surface area (Å²) in [5.41, 5.74) is 0.829. The normalized spacial score (nSPS) is 18.4. The third kappa shape index (κ3) is 3.24. The highest BCUT2D eigenvalue weighted by Gasteiger charge is 2.19. The molecule has 2 N–H and O–H groups in total. The Morgan fingerprint density at radius 1 is 1.53 bits per heavy atom. The highest BCUT2D eigenvalue weighted by atomic mass is 32.1. The SMILES string of the molecule is O=C(O)c1nc(CN2CCC(CO)CC2)cs1. The van der Waals surface area contributed by atoms with Crippen LogP contribution < -0.4 is 0 Å². The molecule has 1 aliphatic heterocycles. The van der Waals surface area contributed by atoms with Crippen LogP contribution in [0, 0.1) is 5.92 Å². The molecule has 6 heteroatoms. The molecule has 1 saturated heterocycles. The maximum atomic E-state index is 10.7. The van der Waals surface area contributed by atoms with Gasteiger partial charge in [-0.3, -0.25) is 4.90 Å². The molecule has 0 amide bonds. The number of likely N-dealkylation sites (tertiary alicyclic amines) is 1. The molecular formula is C11H16N2O3S. The van der Waals surface area contributed by atoms with Gasteiger partial charge in [-0.2, -0.15) is 0 Å². The van der Waals surface area contributed by atoms with Crippen LogP contribution in [0.4, 0.5) is 0 Å². The second kappa shape index (κ2) is 5.57. The molecule has 1 aromatic heterocycles. The first-order chi connectivity index (χ1) is 8.19. The van der Waals surface area contributed by atoms with Gasteiger partial charge in [0.05, 0.1) is 5.69 Å². The number of hydrogen-bond donors (Lipinski definition) is 2. The lowest BCUT2D eigenvalue weighted by molar-refractivity contribution is 0.0695. The highest BCUT2D eigenvalue weighted by molar-refractivity contribution is 7.11. The van der Waals surface area contributed by atoms with E-state index in [0.29, 0.717) is 12.5 Å². The van der Waals surface area contributed by atoms with Gasteiger partial charge in [0.1, 0.15) is 0 Å². The highest BCUT2D eigenvalue weighted by Crippen LogP contribution is 2.19. The van der Waals surface area contributed by atoms with Gasteiger partial charge in [0.2, 0.25) is 5.01 Å². The van der Waals surface area contributed by atoms with Gasteiger partial charge in [-0.05, 0) is 31.8 Å². The van der Waals surface area contributed by atoms with Gasteiger partial charge in [0.25, 0.3) is 0 Å². The van der Waals surface area contributed by atoms with Crippen LogP contribution in [0.15, 0.2) is 5.38 Å². The summed E-state index contributed by atoms with van der Waals surface area (Å²) in [4.78, 5) is 17.0. The Kier molecular flexibility index (Phi) is 4.09. The van der Waals surface area contributed by atoms with Gasteiger partial charge in [-0.25, -0.2) is 9.78 Å². The lowest BCUT2D eigenvalue weighted by Gasteiger charge is -2.30. The fraction of sp³-hybridized carbons (Fsp3) is 0.636. The van der Waals surface area contributed by atoms with Gasteiger partial charge in [-0.1, -0.05) is 0 Å². The number of nitrogens with zero attached hydrogens (tertiary/aromatic N) is 2. The number of aromatic carboxylic acids is 1. The van der Waals surface area contributed by atoms with Crippen molar-refractivity contribution in [3.63, 3.8) is 0 Å². The molecule has 2 rings (SSSR count). The number of aromatic nitrogens is 1. The maximum Gasteiger partial charge on any atom is 0.365 e. The summed E-state index contributed by atoms with van der Waals surface area (Å²) in [7, 11) is 0. The largest absolute Gasteiger partial charge is 0.476 e. The van der Waals surface area contributed by atoms with Crippen molar-refractivity contribution in [2.24, 2.45) is 5.92 Å². The molecule has 1 fully saturated rings. The smallest absolute Gasteiger partial charge is 0.365 e. The fourth-order valence-corrected chi connectivity index (χ4v) is 2.68. The monoisotopic (exact) mass is 256 g/mol. The summed E-state index contributed by atoms with van der Waals surface area (Å²) in [6, 6.07) is 0. The topological polar surface area (TPSA) is 73.7 Å². The molecule has 0 bridgehead atoms. The zero-order valence-corrected chi connectivity index (χ0v) is 10.3. The van der Waals surface area contributed by atoms with E-state index in [0.717, 1.165) is 31.6 Å². The molecule has 0 radical (unpaired) electrons. The third-order valence-electron chi connectivity index (χ3n) is 3.09. The molecule has 0 atom stereocenters. The number of aliphatic hydroxyl groups is 1. The van der Waals surface area contributed by atoms with E-state index < -0.39 is 5.97 Å². The van der Waals surface area contributed by atoms with E-state index in [1.807, 2.05) is 5.38 Å². The quantitative estimate of drug-likeness (QED) is 0.842. The Morgan fingerprint density at radius 2 is 2.24 bits per heavy atom. The van der Waals surface area contributed by atoms with Crippen molar-refractivity contribution in [1.29, 1.82) is 0 Å². The van der Waals surface area contributed by atoms with Crippen molar-refractivity contribution in [3.05, 3.63) is 16.1 Å². The van der Waals surface area contributed by atoms with Crippen molar-refractivity contribution in [2.75, 3.05) is 19.7 Å². The summed E-state index contributed by atoms with van der Waals surface area (Å²) >= 11 is 1.17. The average molecular weight is 256 g/mol. The lowest BCUT2D eigenvalue weighted by atomic mass is 9.98. The molecule has 17 heavy (non-hydrogen) atoms. The maximum absolute atomic E-state index is 10.7. The Hall–Kier alpha value is -0.980. The van der Waals surface area contributed by atoms with Crippen molar-refractivity contribution >= 4 is 17.3 Å². The molecule has 2 heterocycles. The number of carboxylic acid groups (broad SMARTS) is 1. The molecule has 0 aromatic carbocycles.